The van der Waals surface area contributed by atoms with Crippen LogP contribution >= 0.6 is 0 Å². The summed E-state index contributed by atoms with van der Waals surface area (Å²) in [4.78, 5) is 34.0. The second-order valence-corrected chi connectivity index (χ2v) is 8.68. The molecule has 0 bridgehead atoms. The number of benzene rings is 2. The molecule has 3 heterocycles. The molecule has 2 aliphatic heterocycles. The van der Waals surface area contributed by atoms with Crippen LogP contribution in [0.4, 0.5) is 4.79 Å². The predicted octanol–water partition coefficient (Wildman–Crippen LogP) is 3.07. The van der Waals surface area contributed by atoms with Gasteiger partial charge >= 0.3 is 6.03 Å². The van der Waals surface area contributed by atoms with Crippen LogP contribution in [0.5, 0.6) is 5.75 Å². The number of hydrogen-bond donors (Lipinski definition) is 2. The van der Waals surface area contributed by atoms with Gasteiger partial charge in [0, 0.05) is 36.1 Å². The lowest BCUT2D eigenvalue weighted by Gasteiger charge is -2.42. The van der Waals surface area contributed by atoms with Crippen LogP contribution in [0.2, 0.25) is 0 Å². The third-order valence-electron chi connectivity index (χ3n) is 6.73. The number of ether oxygens (including phenoxy) is 1. The lowest BCUT2D eigenvalue weighted by Crippen LogP contribution is -2.53. The molecule has 3 aromatic rings. The summed E-state index contributed by atoms with van der Waals surface area (Å²) in [6, 6.07) is 15.1. The predicted molar refractivity (Wildman–Crippen MR) is 126 cm³/mol. The number of rotatable bonds is 6. The van der Waals surface area contributed by atoms with Gasteiger partial charge in [0.25, 0.3) is 5.91 Å². The molecule has 7 heteroatoms. The molecule has 0 saturated carbocycles. The number of hydrogen-bond acceptors (Lipinski definition) is 4. The molecule has 3 amide bonds. The normalized spacial score (nSPS) is 21.8. The van der Waals surface area contributed by atoms with Gasteiger partial charge in [-0.25, -0.2) is 4.79 Å². The van der Waals surface area contributed by atoms with E-state index in [1.165, 1.54) is 4.90 Å². The Morgan fingerprint density at radius 2 is 2.03 bits per heavy atom. The van der Waals surface area contributed by atoms with Gasteiger partial charge in [0.2, 0.25) is 0 Å². The number of methoxy groups -OCH3 is 1. The van der Waals surface area contributed by atoms with Crippen LogP contribution in [0.1, 0.15) is 29.8 Å². The standard InChI is InChI=1S/C26H26N4O3/c1-4-12-27-13-14-29-24(31)26(2)16-20-19-15-18(33-3)10-11-21(19)28-22(20)23(30(26)25(29)32)17-8-6-5-7-9-17/h1,5-11,15,23,27-28H,12-14,16H2,2-3H3/t23-,26+/m1/s1. The fourth-order valence-corrected chi connectivity index (χ4v) is 5.15. The van der Waals surface area contributed by atoms with E-state index in [0.29, 0.717) is 19.5 Å². The van der Waals surface area contributed by atoms with E-state index in [2.05, 4.69) is 16.2 Å². The summed E-state index contributed by atoms with van der Waals surface area (Å²) >= 11 is 0. The maximum Gasteiger partial charge on any atom is 0.328 e. The van der Waals surface area contributed by atoms with Gasteiger partial charge in [0.05, 0.1) is 13.7 Å². The Balaban J connectivity index is 1.64. The number of carbonyl (C=O) groups is 2. The summed E-state index contributed by atoms with van der Waals surface area (Å²) in [5.74, 6) is 3.08. The van der Waals surface area contributed by atoms with Crippen molar-refractivity contribution in [3.8, 4) is 18.1 Å². The molecule has 7 nitrogen and oxygen atoms in total. The number of amides is 3. The highest BCUT2D eigenvalue weighted by Crippen LogP contribution is 2.48. The number of aromatic amines is 1. The fourth-order valence-electron chi connectivity index (χ4n) is 5.15. The molecule has 2 aliphatic rings. The zero-order valence-electron chi connectivity index (χ0n) is 18.7. The molecule has 2 atom stereocenters. The number of urea groups is 1. The third kappa shape index (κ3) is 3.18. The van der Waals surface area contributed by atoms with Crippen molar-refractivity contribution in [1.82, 2.24) is 20.1 Å². The quantitative estimate of drug-likeness (QED) is 0.349. The first-order chi connectivity index (χ1) is 16.0. The van der Waals surface area contributed by atoms with Crippen molar-refractivity contribution in [1.29, 1.82) is 0 Å². The van der Waals surface area contributed by atoms with Crippen LogP contribution in [-0.4, -0.2) is 59.0 Å². The minimum atomic E-state index is -0.991. The van der Waals surface area contributed by atoms with Crippen molar-refractivity contribution in [2.24, 2.45) is 0 Å². The molecule has 1 fully saturated rings. The lowest BCUT2D eigenvalue weighted by atomic mass is 9.81. The van der Waals surface area contributed by atoms with Gasteiger partial charge in [-0.1, -0.05) is 36.3 Å². The van der Waals surface area contributed by atoms with Crippen molar-refractivity contribution in [3.63, 3.8) is 0 Å². The van der Waals surface area contributed by atoms with E-state index in [1.54, 1.807) is 12.0 Å². The number of terminal acetylenes is 1. The van der Waals surface area contributed by atoms with Gasteiger partial charge in [0.15, 0.2) is 0 Å². The highest BCUT2D eigenvalue weighted by molar-refractivity contribution is 6.08. The fraction of sp³-hybridized carbons (Fsp3) is 0.308. The summed E-state index contributed by atoms with van der Waals surface area (Å²) < 4.78 is 5.45. The Kier molecular flexibility index (Phi) is 5.10. The van der Waals surface area contributed by atoms with Gasteiger partial charge in [-0.2, -0.15) is 0 Å². The van der Waals surface area contributed by atoms with E-state index in [9.17, 15) is 9.59 Å². The van der Waals surface area contributed by atoms with Gasteiger partial charge in [-0.15, -0.1) is 6.42 Å². The largest absolute Gasteiger partial charge is 0.497 e. The number of carbonyl (C=O) groups excluding carboxylic acids is 2. The second kappa shape index (κ2) is 7.98. The number of fused-ring (bicyclic) bond motifs is 4. The van der Waals surface area contributed by atoms with E-state index < -0.39 is 11.6 Å². The molecule has 0 spiro atoms. The van der Waals surface area contributed by atoms with Crippen molar-refractivity contribution >= 4 is 22.8 Å². The zero-order chi connectivity index (χ0) is 23.2. The number of nitrogens with one attached hydrogen (secondary N) is 2. The topological polar surface area (TPSA) is 77.7 Å². The Morgan fingerprint density at radius 3 is 2.76 bits per heavy atom. The molecule has 1 aromatic heterocycles. The van der Waals surface area contributed by atoms with Crippen LogP contribution in [0.25, 0.3) is 10.9 Å². The van der Waals surface area contributed by atoms with E-state index >= 15 is 0 Å². The molecule has 0 aliphatic carbocycles. The van der Waals surface area contributed by atoms with Crippen LogP contribution in [0.15, 0.2) is 48.5 Å². The number of nitrogens with zero attached hydrogens (tertiary/aromatic N) is 2. The van der Waals surface area contributed by atoms with Gasteiger partial charge in [0.1, 0.15) is 17.3 Å². The SMILES string of the molecule is C#CCNCCN1C(=O)N2[C@H](c3ccccc3)c3[nH]c4ccc(OC)cc4c3C[C@@]2(C)C1=O. The molecule has 0 radical (unpaired) electrons. The van der Waals surface area contributed by atoms with Crippen LogP contribution < -0.4 is 10.1 Å². The summed E-state index contributed by atoms with van der Waals surface area (Å²) in [6.45, 7) is 2.99. The smallest absolute Gasteiger partial charge is 0.328 e. The van der Waals surface area contributed by atoms with Crippen molar-refractivity contribution in [3.05, 3.63) is 65.4 Å². The van der Waals surface area contributed by atoms with Gasteiger partial charge in [-0.3, -0.25) is 14.6 Å². The first-order valence-electron chi connectivity index (χ1n) is 11.0. The highest BCUT2D eigenvalue weighted by atomic mass is 16.5. The minimum Gasteiger partial charge on any atom is -0.497 e. The Hall–Kier alpha value is -3.76. The molecule has 2 aromatic carbocycles. The average Bonchev–Trinajstić information content (AvgIpc) is 3.28. The van der Waals surface area contributed by atoms with Crippen molar-refractivity contribution in [2.75, 3.05) is 26.7 Å². The van der Waals surface area contributed by atoms with Gasteiger partial charge in [-0.05, 0) is 36.2 Å². The summed E-state index contributed by atoms with van der Waals surface area (Å²) in [6.07, 6.45) is 5.73. The van der Waals surface area contributed by atoms with Crippen molar-refractivity contribution in [2.45, 2.75) is 24.9 Å². The minimum absolute atomic E-state index is 0.182. The molecular weight excluding hydrogens is 416 g/mol. The maximum absolute atomic E-state index is 13.7. The molecule has 5 rings (SSSR count). The van der Waals surface area contributed by atoms with Crippen LogP contribution in [0.3, 0.4) is 0 Å². The van der Waals surface area contributed by atoms with Crippen LogP contribution in [0, 0.1) is 12.3 Å². The number of aromatic nitrogens is 1. The summed E-state index contributed by atoms with van der Waals surface area (Å²) in [7, 11) is 1.64. The third-order valence-corrected chi connectivity index (χ3v) is 6.73. The van der Waals surface area contributed by atoms with E-state index in [-0.39, 0.29) is 18.5 Å². The Labute approximate surface area is 192 Å². The summed E-state index contributed by atoms with van der Waals surface area (Å²) in [5, 5.41) is 4.08. The molecule has 1 saturated heterocycles. The number of H-pyrrole nitrogens is 1. The summed E-state index contributed by atoms with van der Waals surface area (Å²) in [5.41, 5.74) is 2.91. The molecule has 168 valence electrons. The van der Waals surface area contributed by atoms with E-state index in [1.807, 2.05) is 55.5 Å². The molecule has 33 heavy (non-hydrogen) atoms. The Morgan fingerprint density at radius 1 is 1.24 bits per heavy atom. The van der Waals surface area contributed by atoms with Crippen molar-refractivity contribution < 1.29 is 14.3 Å². The first kappa shape index (κ1) is 21.1. The zero-order valence-corrected chi connectivity index (χ0v) is 18.7. The Bertz CT molecular complexity index is 1280. The maximum atomic E-state index is 13.7. The van der Waals surface area contributed by atoms with E-state index in [4.69, 9.17) is 11.2 Å². The monoisotopic (exact) mass is 442 g/mol. The van der Waals surface area contributed by atoms with Gasteiger partial charge < -0.3 is 15.0 Å². The second-order valence-electron chi connectivity index (χ2n) is 8.68. The van der Waals surface area contributed by atoms with E-state index in [0.717, 1.165) is 33.5 Å². The first-order valence-corrected chi connectivity index (χ1v) is 11.0. The number of imide groups is 1. The lowest BCUT2D eigenvalue weighted by molar-refractivity contribution is -0.133. The molecular formula is C26H26N4O3. The van der Waals surface area contributed by atoms with Crippen LogP contribution in [-0.2, 0) is 11.2 Å². The molecule has 2 N–H and O–H groups in total. The highest BCUT2D eigenvalue weighted by Gasteiger charge is 2.59. The molecule has 0 unspecified atom stereocenters. The average molecular weight is 443 g/mol.